The Bertz CT molecular complexity index is 753. The minimum atomic E-state index is -3.37. The van der Waals surface area contributed by atoms with E-state index in [-0.39, 0.29) is 0 Å². The number of nitrogens with zero attached hydrogens (tertiary/aromatic N) is 2. The highest BCUT2D eigenvalue weighted by atomic mass is 32.2. The van der Waals surface area contributed by atoms with Crippen LogP contribution < -0.4 is 0 Å². The van der Waals surface area contributed by atoms with E-state index >= 15 is 0 Å². The van der Waals surface area contributed by atoms with Crippen LogP contribution in [-0.2, 0) is 10.0 Å². The summed E-state index contributed by atoms with van der Waals surface area (Å²) in [7, 11) is -3.37. The molecule has 1 spiro atoms. The first-order valence-corrected chi connectivity index (χ1v) is 7.89. The molecule has 98 valence electrons. The second kappa shape index (κ2) is 3.55. The van der Waals surface area contributed by atoms with Gasteiger partial charge in [-0.1, -0.05) is 6.07 Å². The molecule has 0 radical (unpaired) electrons. The molecule has 0 amide bonds. The Morgan fingerprint density at radius 1 is 1.11 bits per heavy atom. The fourth-order valence-corrected chi connectivity index (χ4v) is 4.67. The monoisotopic (exact) mass is 274 g/mol. The summed E-state index contributed by atoms with van der Waals surface area (Å²) in [5.74, 6) is 0. The van der Waals surface area contributed by atoms with E-state index in [0.717, 1.165) is 5.52 Å². The van der Waals surface area contributed by atoms with Crippen molar-refractivity contribution in [3.8, 4) is 0 Å². The summed E-state index contributed by atoms with van der Waals surface area (Å²) < 4.78 is 26.9. The van der Waals surface area contributed by atoms with Gasteiger partial charge in [0.2, 0.25) is 10.0 Å². The Hall–Kier alpha value is -1.46. The maximum Gasteiger partial charge on any atom is 0.243 e. The normalized spacial score (nSPS) is 21.5. The third kappa shape index (κ3) is 1.61. The lowest BCUT2D eigenvalue weighted by Gasteiger charge is -2.38. The van der Waals surface area contributed by atoms with Crippen LogP contribution in [0.25, 0.3) is 10.9 Å². The van der Waals surface area contributed by atoms with Crippen molar-refractivity contribution < 1.29 is 8.42 Å². The molecule has 1 saturated heterocycles. The van der Waals surface area contributed by atoms with Crippen LogP contribution in [0.5, 0.6) is 0 Å². The van der Waals surface area contributed by atoms with Crippen molar-refractivity contribution in [2.45, 2.75) is 17.7 Å². The molecule has 1 aromatic carbocycles. The number of hydrogen-bond acceptors (Lipinski definition) is 3. The number of aromatic nitrogens is 1. The molecule has 1 aliphatic heterocycles. The standard InChI is InChI=1S/C14H14N2O2S/c17-19(18,16-9-14(10-16)6-7-14)13-5-1-4-12-11(13)3-2-8-15-12/h1-5,8H,6-7,9-10H2. The van der Waals surface area contributed by atoms with Crippen molar-refractivity contribution in [3.63, 3.8) is 0 Å². The van der Waals surface area contributed by atoms with Crippen molar-refractivity contribution in [2.75, 3.05) is 13.1 Å². The minimum absolute atomic E-state index is 0.329. The van der Waals surface area contributed by atoms with E-state index in [1.165, 1.54) is 12.8 Å². The zero-order valence-electron chi connectivity index (χ0n) is 10.4. The topological polar surface area (TPSA) is 50.3 Å². The molecule has 1 aliphatic carbocycles. The van der Waals surface area contributed by atoms with Crippen molar-refractivity contribution in [3.05, 3.63) is 36.5 Å². The van der Waals surface area contributed by atoms with Gasteiger partial charge in [-0.25, -0.2) is 8.42 Å². The molecule has 0 unspecified atom stereocenters. The molecule has 4 nitrogen and oxygen atoms in total. The molecule has 2 aromatic rings. The summed E-state index contributed by atoms with van der Waals surface area (Å²) in [6.45, 7) is 1.37. The molecular weight excluding hydrogens is 260 g/mol. The molecule has 0 atom stereocenters. The van der Waals surface area contributed by atoms with E-state index < -0.39 is 10.0 Å². The molecule has 5 heteroatoms. The number of pyridine rings is 1. The molecule has 0 bridgehead atoms. The average Bonchev–Trinajstić information content (AvgIpc) is 3.17. The van der Waals surface area contributed by atoms with Gasteiger partial charge in [0.05, 0.1) is 10.4 Å². The molecule has 4 rings (SSSR count). The Morgan fingerprint density at radius 2 is 1.89 bits per heavy atom. The van der Waals surface area contributed by atoms with E-state index in [2.05, 4.69) is 4.98 Å². The second-order valence-electron chi connectivity index (χ2n) is 5.60. The first-order valence-electron chi connectivity index (χ1n) is 6.45. The third-order valence-electron chi connectivity index (χ3n) is 4.20. The summed E-state index contributed by atoms with van der Waals surface area (Å²) >= 11 is 0. The molecule has 2 heterocycles. The van der Waals surface area contributed by atoms with Crippen molar-refractivity contribution in [1.82, 2.24) is 9.29 Å². The zero-order chi connectivity index (χ0) is 13.1. The first kappa shape index (κ1) is 11.4. The fourth-order valence-electron chi connectivity index (χ4n) is 2.80. The van der Waals surface area contributed by atoms with E-state index in [4.69, 9.17) is 0 Å². The smallest absolute Gasteiger partial charge is 0.243 e. The molecule has 19 heavy (non-hydrogen) atoms. The SMILES string of the molecule is O=S(=O)(c1cccc2ncccc12)N1CC2(CC2)C1. The number of sulfonamides is 1. The van der Waals surface area contributed by atoms with E-state index in [9.17, 15) is 8.42 Å². The van der Waals surface area contributed by atoms with Gasteiger partial charge in [0.25, 0.3) is 0 Å². The van der Waals surface area contributed by atoms with Gasteiger partial charge in [0, 0.05) is 24.7 Å². The van der Waals surface area contributed by atoms with Crippen LogP contribution in [0.15, 0.2) is 41.4 Å². The molecule has 0 N–H and O–H groups in total. The minimum Gasteiger partial charge on any atom is -0.256 e. The lowest BCUT2D eigenvalue weighted by atomic mass is 10.0. The number of benzene rings is 1. The van der Waals surface area contributed by atoms with Crippen LogP contribution in [0.2, 0.25) is 0 Å². The van der Waals surface area contributed by atoms with Gasteiger partial charge in [0.1, 0.15) is 0 Å². The van der Waals surface area contributed by atoms with Crippen LogP contribution >= 0.6 is 0 Å². The highest BCUT2D eigenvalue weighted by Crippen LogP contribution is 2.54. The fraction of sp³-hybridized carbons (Fsp3) is 0.357. The Kier molecular flexibility index (Phi) is 2.13. The Labute approximate surface area is 112 Å². The summed E-state index contributed by atoms with van der Waals surface area (Å²) in [4.78, 5) is 4.60. The van der Waals surface area contributed by atoms with E-state index in [1.807, 2.05) is 12.1 Å². The van der Waals surface area contributed by atoms with Crippen LogP contribution in [0.1, 0.15) is 12.8 Å². The van der Waals surface area contributed by atoms with E-state index in [0.29, 0.717) is 28.8 Å². The van der Waals surface area contributed by atoms with Crippen LogP contribution in [-0.4, -0.2) is 30.8 Å². The predicted molar refractivity (Wildman–Crippen MR) is 72.2 cm³/mol. The van der Waals surface area contributed by atoms with Gasteiger partial charge in [-0.15, -0.1) is 0 Å². The predicted octanol–water partition coefficient (Wildman–Crippen LogP) is 2.02. The summed E-state index contributed by atoms with van der Waals surface area (Å²) in [5, 5.41) is 0.710. The van der Waals surface area contributed by atoms with E-state index in [1.54, 1.807) is 28.7 Å². The van der Waals surface area contributed by atoms with Crippen LogP contribution in [0.4, 0.5) is 0 Å². The quantitative estimate of drug-likeness (QED) is 0.842. The highest BCUT2D eigenvalue weighted by Gasteiger charge is 2.56. The third-order valence-corrected chi connectivity index (χ3v) is 6.05. The Morgan fingerprint density at radius 3 is 2.63 bits per heavy atom. The summed E-state index contributed by atoms with van der Waals surface area (Å²) in [6, 6.07) is 8.88. The lowest BCUT2D eigenvalue weighted by molar-refractivity contribution is 0.179. The van der Waals surface area contributed by atoms with Crippen LogP contribution in [0.3, 0.4) is 0 Å². The van der Waals surface area contributed by atoms with Crippen molar-refractivity contribution in [2.24, 2.45) is 5.41 Å². The summed E-state index contributed by atoms with van der Waals surface area (Å²) in [6.07, 6.45) is 4.04. The largest absolute Gasteiger partial charge is 0.256 e. The maximum atomic E-state index is 12.6. The van der Waals surface area contributed by atoms with Gasteiger partial charge >= 0.3 is 0 Å². The number of fused-ring (bicyclic) bond motifs is 1. The van der Waals surface area contributed by atoms with Gasteiger partial charge in [-0.05, 0) is 42.5 Å². The average molecular weight is 274 g/mol. The van der Waals surface area contributed by atoms with Crippen molar-refractivity contribution in [1.29, 1.82) is 0 Å². The number of rotatable bonds is 2. The number of hydrogen-bond donors (Lipinski definition) is 0. The molecular formula is C14H14N2O2S. The molecule has 2 fully saturated rings. The van der Waals surface area contributed by atoms with Gasteiger partial charge in [-0.2, -0.15) is 4.31 Å². The van der Waals surface area contributed by atoms with Gasteiger partial charge in [0.15, 0.2) is 0 Å². The first-order chi connectivity index (χ1) is 9.11. The molecule has 1 saturated carbocycles. The van der Waals surface area contributed by atoms with Crippen molar-refractivity contribution >= 4 is 20.9 Å². The van der Waals surface area contributed by atoms with Crippen LogP contribution in [0, 0.1) is 5.41 Å². The molecule has 1 aromatic heterocycles. The molecule has 2 aliphatic rings. The maximum absolute atomic E-state index is 12.6. The zero-order valence-corrected chi connectivity index (χ0v) is 11.2. The van der Waals surface area contributed by atoms with Gasteiger partial charge < -0.3 is 0 Å². The second-order valence-corrected chi connectivity index (χ2v) is 7.51. The Balaban J connectivity index is 1.81. The summed E-state index contributed by atoms with van der Waals surface area (Å²) in [5.41, 5.74) is 1.06. The highest BCUT2D eigenvalue weighted by molar-refractivity contribution is 7.89. The van der Waals surface area contributed by atoms with Gasteiger partial charge in [-0.3, -0.25) is 4.98 Å². The lowest BCUT2D eigenvalue weighted by Crippen LogP contribution is -2.51.